The van der Waals surface area contributed by atoms with Crippen molar-refractivity contribution < 1.29 is 4.79 Å². The fourth-order valence-corrected chi connectivity index (χ4v) is 1.54. The number of pyridine rings is 1. The Morgan fingerprint density at radius 2 is 2.00 bits per heavy atom. The third-order valence-corrected chi connectivity index (χ3v) is 2.18. The molecule has 0 saturated carbocycles. The van der Waals surface area contributed by atoms with Crippen LogP contribution in [-0.4, -0.2) is 21.2 Å². The summed E-state index contributed by atoms with van der Waals surface area (Å²) in [4.78, 5) is 13.0. The van der Waals surface area contributed by atoms with Crippen LogP contribution in [0.15, 0.2) is 24.4 Å². The molecular weight excluding hydrogens is 216 g/mol. The minimum Gasteiger partial charge on any atom is -0.372 e. The largest absolute Gasteiger partial charge is 0.372 e. The first kappa shape index (κ1) is 12.9. The highest BCUT2D eigenvalue weighted by molar-refractivity contribution is 5.60. The van der Waals surface area contributed by atoms with Crippen LogP contribution in [0.3, 0.4) is 0 Å². The van der Waals surface area contributed by atoms with E-state index in [1.807, 2.05) is 50.0 Å². The lowest BCUT2D eigenvalue weighted by Crippen LogP contribution is -1.86. The molecule has 5 heteroatoms. The number of hydrogen-bond donors (Lipinski definition) is 1. The molecule has 1 amide bonds. The molecule has 2 aromatic heterocycles. The molecule has 2 N–H and O–H groups in total. The van der Waals surface area contributed by atoms with E-state index in [-0.39, 0.29) is 6.41 Å². The molecule has 0 saturated heterocycles. The molecule has 0 aliphatic heterocycles. The molecule has 0 spiro atoms. The van der Waals surface area contributed by atoms with E-state index in [4.69, 9.17) is 4.79 Å². The van der Waals surface area contributed by atoms with Gasteiger partial charge in [0.2, 0.25) is 6.41 Å². The Hall–Kier alpha value is -2.17. The van der Waals surface area contributed by atoms with Crippen LogP contribution >= 0.6 is 0 Å². The van der Waals surface area contributed by atoms with Gasteiger partial charge in [0.1, 0.15) is 0 Å². The van der Waals surface area contributed by atoms with Crippen molar-refractivity contribution in [3.8, 4) is 11.3 Å². The third kappa shape index (κ3) is 3.41. The maximum absolute atomic E-state index is 8.58. The highest BCUT2D eigenvalue weighted by Crippen LogP contribution is 2.19. The van der Waals surface area contributed by atoms with Crippen LogP contribution in [-0.2, 0) is 11.8 Å². The number of nitrogens with zero attached hydrogens (tertiary/aromatic N) is 3. The van der Waals surface area contributed by atoms with E-state index >= 15 is 0 Å². The van der Waals surface area contributed by atoms with Gasteiger partial charge in [-0.15, -0.1) is 0 Å². The Balaban J connectivity index is 0.000000437. The summed E-state index contributed by atoms with van der Waals surface area (Å²) in [5.74, 6) is 0. The Morgan fingerprint density at radius 3 is 2.47 bits per heavy atom. The molecule has 90 valence electrons. The van der Waals surface area contributed by atoms with Crippen molar-refractivity contribution in [3.63, 3.8) is 0 Å². The van der Waals surface area contributed by atoms with Crippen LogP contribution in [0.2, 0.25) is 0 Å². The van der Waals surface area contributed by atoms with Gasteiger partial charge in [-0.1, -0.05) is 6.07 Å². The number of rotatable bonds is 1. The first-order valence-corrected chi connectivity index (χ1v) is 5.18. The Kier molecular flexibility index (Phi) is 4.39. The number of carbonyl (C=O) groups is 1. The summed E-state index contributed by atoms with van der Waals surface area (Å²) in [5, 5.41) is 4.29. The van der Waals surface area contributed by atoms with E-state index in [1.165, 1.54) is 0 Å². The molecule has 0 aliphatic rings. The van der Waals surface area contributed by atoms with Gasteiger partial charge in [0, 0.05) is 24.5 Å². The van der Waals surface area contributed by atoms with E-state index in [0.29, 0.717) is 0 Å². The lowest BCUT2D eigenvalue weighted by Gasteiger charge is -1.98. The van der Waals surface area contributed by atoms with Gasteiger partial charge in [0.05, 0.1) is 11.4 Å². The fourth-order valence-electron chi connectivity index (χ4n) is 1.54. The zero-order chi connectivity index (χ0) is 12.8. The predicted octanol–water partition coefficient (Wildman–Crippen LogP) is 1.20. The second kappa shape index (κ2) is 5.79. The molecule has 2 heterocycles. The van der Waals surface area contributed by atoms with E-state index < -0.39 is 0 Å². The van der Waals surface area contributed by atoms with E-state index in [1.54, 1.807) is 0 Å². The van der Waals surface area contributed by atoms with Gasteiger partial charge in [-0.2, -0.15) is 5.10 Å². The van der Waals surface area contributed by atoms with E-state index in [2.05, 4.69) is 15.8 Å². The Labute approximate surface area is 100 Å². The summed E-state index contributed by atoms with van der Waals surface area (Å²) < 4.78 is 1.81. The molecule has 2 rings (SSSR count). The summed E-state index contributed by atoms with van der Waals surface area (Å²) in [6.07, 6.45) is 2.25. The minimum absolute atomic E-state index is 0.250. The molecule has 0 bridgehead atoms. The first-order chi connectivity index (χ1) is 8.08. The van der Waals surface area contributed by atoms with Gasteiger partial charge in [-0.25, -0.2) is 0 Å². The molecule has 2 aromatic rings. The second-order valence-electron chi connectivity index (χ2n) is 3.60. The number of primary amides is 1. The number of hydrogen-bond acceptors (Lipinski definition) is 3. The minimum atomic E-state index is 0.250. The van der Waals surface area contributed by atoms with E-state index in [9.17, 15) is 0 Å². The standard InChI is InChI=1S/C11H13N3.CH3NO/c1-8-5-4-6-11(12-8)10-7-14(3)13-9(10)2;2-1-3/h4-7H,1-3H3;1H,(H2,2,3). The van der Waals surface area contributed by atoms with Gasteiger partial charge in [-0.05, 0) is 26.0 Å². The average Bonchev–Trinajstić information content (AvgIpc) is 2.59. The predicted molar refractivity (Wildman–Crippen MR) is 66.2 cm³/mol. The Bertz CT molecular complexity index is 505. The Morgan fingerprint density at radius 1 is 1.35 bits per heavy atom. The SMILES string of the molecule is Cc1cccc(-c2cn(C)nc2C)n1.NC=O. The number of nitrogens with two attached hydrogens (primary N) is 1. The molecule has 0 aliphatic carbocycles. The molecule has 5 nitrogen and oxygen atoms in total. The molecule has 0 fully saturated rings. The van der Waals surface area contributed by atoms with Crippen molar-refractivity contribution in [2.45, 2.75) is 13.8 Å². The number of amides is 1. The first-order valence-electron chi connectivity index (χ1n) is 5.18. The second-order valence-corrected chi connectivity index (χ2v) is 3.60. The number of carbonyl (C=O) groups excluding carboxylic acids is 1. The van der Waals surface area contributed by atoms with Crippen LogP contribution in [0.25, 0.3) is 11.3 Å². The topological polar surface area (TPSA) is 73.8 Å². The molecule has 0 radical (unpaired) electrons. The van der Waals surface area contributed by atoms with Crippen molar-refractivity contribution >= 4 is 6.41 Å². The summed E-state index contributed by atoms with van der Waals surface area (Å²) in [7, 11) is 1.92. The van der Waals surface area contributed by atoms with E-state index in [0.717, 1.165) is 22.6 Å². The van der Waals surface area contributed by atoms with Crippen molar-refractivity contribution in [2.75, 3.05) is 0 Å². The lowest BCUT2D eigenvalue weighted by atomic mass is 10.1. The quantitative estimate of drug-likeness (QED) is 0.751. The molecule has 0 aromatic carbocycles. The molecule has 0 unspecified atom stereocenters. The fraction of sp³-hybridized carbons (Fsp3) is 0.250. The monoisotopic (exact) mass is 232 g/mol. The summed E-state index contributed by atoms with van der Waals surface area (Å²) in [5.41, 5.74) is 8.32. The van der Waals surface area contributed by atoms with Gasteiger partial charge in [0.25, 0.3) is 0 Å². The highest BCUT2D eigenvalue weighted by atomic mass is 16.1. The van der Waals surface area contributed by atoms with Gasteiger partial charge >= 0.3 is 0 Å². The van der Waals surface area contributed by atoms with Gasteiger partial charge < -0.3 is 5.73 Å². The van der Waals surface area contributed by atoms with Crippen LogP contribution in [0.5, 0.6) is 0 Å². The summed E-state index contributed by atoms with van der Waals surface area (Å²) in [6.45, 7) is 3.99. The van der Waals surface area contributed by atoms with Crippen LogP contribution in [0.4, 0.5) is 0 Å². The summed E-state index contributed by atoms with van der Waals surface area (Å²) >= 11 is 0. The molecule has 17 heavy (non-hydrogen) atoms. The highest BCUT2D eigenvalue weighted by Gasteiger charge is 2.06. The lowest BCUT2D eigenvalue weighted by molar-refractivity contribution is -0.106. The van der Waals surface area contributed by atoms with Crippen molar-refractivity contribution in [1.29, 1.82) is 0 Å². The van der Waals surface area contributed by atoms with Crippen molar-refractivity contribution in [3.05, 3.63) is 35.8 Å². The van der Waals surface area contributed by atoms with Crippen molar-refractivity contribution in [2.24, 2.45) is 12.8 Å². The van der Waals surface area contributed by atoms with Crippen LogP contribution in [0.1, 0.15) is 11.4 Å². The van der Waals surface area contributed by atoms with Crippen molar-refractivity contribution in [1.82, 2.24) is 14.8 Å². The zero-order valence-electron chi connectivity index (χ0n) is 10.2. The molecular formula is C12H16N4O. The maximum Gasteiger partial charge on any atom is 0.204 e. The van der Waals surface area contributed by atoms with Crippen LogP contribution in [0, 0.1) is 13.8 Å². The smallest absolute Gasteiger partial charge is 0.204 e. The number of aryl methyl sites for hydroxylation is 3. The van der Waals surface area contributed by atoms with Gasteiger partial charge in [-0.3, -0.25) is 14.5 Å². The summed E-state index contributed by atoms with van der Waals surface area (Å²) in [6, 6.07) is 6.02. The normalized spacial score (nSPS) is 9.35. The number of aromatic nitrogens is 3. The zero-order valence-corrected chi connectivity index (χ0v) is 10.2. The molecule has 0 atom stereocenters. The van der Waals surface area contributed by atoms with Crippen LogP contribution < -0.4 is 5.73 Å². The average molecular weight is 232 g/mol. The maximum atomic E-state index is 8.58. The van der Waals surface area contributed by atoms with Gasteiger partial charge in [0.15, 0.2) is 0 Å². The third-order valence-electron chi connectivity index (χ3n) is 2.18.